The van der Waals surface area contributed by atoms with Gasteiger partial charge in [-0.2, -0.15) is 0 Å². The van der Waals surface area contributed by atoms with Crippen molar-refractivity contribution in [2.45, 2.75) is 52.5 Å². The van der Waals surface area contributed by atoms with Crippen LogP contribution < -0.4 is 0 Å². The molecule has 2 rings (SSSR count). The predicted octanol–water partition coefficient (Wildman–Crippen LogP) is 2.97. The van der Waals surface area contributed by atoms with Gasteiger partial charge >= 0.3 is 0 Å². The fourth-order valence-corrected chi connectivity index (χ4v) is 3.00. The number of hydrogen-bond donors (Lipinski definition) is 0. The zero-order chi connectivity index (χ0) is 18.7. The van der Waals surface area contributed by atoms with E-state index in [0.29, 0.717) is 31.8 Å². The summed E-state index contributed by atoms with van der Waals surface area (Å²) in [6.45, 7) is 9.02. The van der Waals surface area contributed by atoms with Crippen molar-refractivity contribution in [3.8, 4) is 0 Å². The van der Waals surface area contributed by atoms with Gasteiger partial charge in [0.15, 0.2) is 5.69 Å². The van der Waals surface area contributed by atoms with Crippen LogP contribution in [0.15, 0.2) is 6.20 Å². The molecule has 0 radical (unpaired) electrons. The molecule has 0 spiro atoms. The Morgan fingerprint density at radius 1 is 1.24 bits per heavy atom. The molecule has 1 aromatic heterocycles. The molecule has 0 bridgehead atoms. The molecule has 0 aliphatic carbocycles. The van der Waals surface area contributed by atoms with E-state index in [0.717, 1.165) is 0 Å². The summed E-state index contributed by atoms with van der Waals surface area (Å²) >= 11 is 6.14. The van der Waals surface area contributed by atoms with Gasteiger partial charge in [0.2, 0.25) is 5.91 Å². The van der Waals surface area contributed by atoms with E-state index < -0.39 is 0 Å². The molecule has 1 aromatic rings. The Balaban J connectivity index is 2.05. The molecule has 25 heavy (non-hydrogen) atoms. The van der Waals surface area contributed by atoms with Crippen LogP contribution in [0.4, 0.5) is 0 Å². The second-order valence-corrected chi connectivity index (χ2v) is 7.60. The number of hydrogen-bond acceptors (Lipinski definition) is 4. The highest BCUT2D eigenvalue weighted by Crippen LogP contribution is 2.23. The van der Waals surface area contributed by atoms with Gasteiger partial charge in [-0.15, -0.1) is 0 Å². The molecule has 2 heterocycles. The first-order valence-electron chi connectivity index (χ1n) is 8.80. The summed E-state index contributed by atoms with van der Waals surface area (Å²) in [5.41, 5.74) is 0.254. The normalized spacial score (nSPS) is 15.8. The van der Waals surface area contributed by atoms with Crippen molar-refractivity contribution in [2.24, 2.45) is 5.92 Å². The molecule has 0 unspecified atom stereocenters. The number of carbonyl (C=O) groups is 2. The number of piperidine rings is 1. The fourth-order valence-electron chi connectivity index (χ4n) is 2.83. The maximum absolute atomic E-state index is 12.8. The Morgan fingerprint density at radius 2 is 1.84 bits per heavy atom. The molecule has 0 atom stereocenters. The van der Waals surface area contributed by atoms with Crippen LogP contribution in [0.5, 0.6) is 0 Å². The van der Waals surface area contributed by atoms with E-state index in [1.165, 1.54) is 6.20 Å². The lowest BCUT2D eigenvalue weighted by atomic mass is 9.94. The molecule has 6 nitrogen and oxygen atoms in total. The summed E-state index contributed by atoms with van der Waals surface area (Å²) in [5.74, 6) is 0.681. The molecule has 0 N–H and O–H groups in total. The molecule has 7 heteroatoms. The van der Waals surface area contributed by atoms with Gasteiger partial charge in [0, 0.05) is 38.0 Å². The molecular weight excluding hydrogens is 340 g/mol. The van der Waals surface area contributed by atoms with Crippen LogP contribution in [-0.2, 0) is 4.79 Å². The van der Waals surface area contributed by atoms with E-state index in [1.54, 1.807) is 9.80 Å². The maximum atomic E-state index is 12.8. The van der Waals surface area contributed by atoms with Crippen LogP contribution in [0, 0.1) is 5.92 Å². The fraction of sp³-hybridized carbons (Fsp3) is 0.667. The Kier molecular flexibility index (Phi) is 6.38. The van der Waals surface area contributed by atoms with Crippen molar-refractivity contribution in [3.05, 3.63) is 22.7 Å². The van der Waals surface area contributed by atoms with Gasteiger partial charge in [-0.05, 0) is 26.7 Å². The lowest BCUT2D eigenvalue weighted by molar-refractivity contribution is -0.137. The minimum atomic E-state index is -0.183. The van der Waals surface area contributed by atoms with Crippen molar-refractivity contribution in [3.63, 3.8) is 0 Å². The molecule has 1 aliphatic rings. The highest BCUT2D eigenvalue weighted by molar-refractivity contribution is 6.33. The molecule has 0 aromatic carbocycles. The molecule has 0 saturated carbocycles. The van der Waals surface area contributed by atoms with E-state index in [4.69, 9.17) is 11.6 Å². The van der Waals surface area contributed by atoms with E-state index in [9.17, 15) is 9.59 Å². The van der Waals surface area contributed by atoms with Gasteiger partial charge in [-0.25, -0.2) is 9.97 Å². The van der Waals surface area contributed by atoms with Crippen molar-refractivity contribution >= 4 is 23.4 Å². The smallest absolute Gasteiger partial charge is 0.274 e. The van der Waals surface area contributed by atoms with Gasteiger partial charge in [0.25, 0.3) is 5.91 Å². The van der Waals surface area contributed by atoms with E-state index in [-0.39, 0.29) is 40.4 Å². The third-order valence-corrected chi connectivity index (χ3v) is 5.01. The third-order valence-electron chi connectivity index (χ3n) is 4.74. The standard InChI is InChI=1S/C18H27ClN4O2/c1-11(2)16-20-10-14(19)15(21-16)18(25)23-8-6-13(7-9-23)17(24)22(5)12(3)4/h10-13H,6-9H2,1-5H3. The number of nitrogens with zero attached hydrogens (tertiary/aromatic N) is 4. The number of carbonyl (C=O) groups excluding carboxylic acids is 2. The van der Waals surface area contributed by atoms with Gasteiger partial charge in [0.1, 0.15) is 5.82 Å². The van der Waals surface area contributed by atoms with E-state index in [2.05, 4.69) is 9.97 Å². The largest absolute Gasteiger partial charge is 0.343 e. The molecule has 1 saturated heterocycles. The molecule has 1 fully saturated rings. The lowest BCUT2D eigenvalue weighted by Gasteiger charge is -2.34. The quantitative estimate of drug-likeness (QED) is 0.821. The Bertz CT molecular complexity index is 640. The molecular formula is C18H27ClN4O2. The lowest BCUT2D eigenvalue weighted by Crippen LogP contribution is -2.45. The summed E-state index contributed by atoms with van der Waals surface area (Å²) in [5, 5.41) is 0.271. The Hall–Kier alpha value is -1.69. The van der Waals surface area contributed by atoms with Crippen LogP contribution in [0.25, 0.3) is 0 Å². The third kappa shape index (κ3) is 4.48. The highest BCUT2D eigenvalue weighted by Gasteiger charge is 2.31. The highest BCUT2D eigenvalue weighted by atomic mass is 35.5. The van der Waals surface area contributed by atoms with Crippen LogP contribution in [-0.4, -0.2) is 57.8 Å². The summed E-state index contributed by atoms with van der Waals surface area (Å²) in [4.78, 5) is 37.2. The number of aromatic nitrogens is 2. The first-order chi connectivity index (χ1) is 11.7. The van der Waals surface area contributed by atoms with E-state index in [1.807, 2.05) is 34.7 Å². The van der Waals surface area contributed by atoms with Crippen molar-refractivity contribution in [1.29, 1.82) is 0 Å². The average Bonchev–Trinajstić information content (AvgIpc) is 2.60. The second-order valence-electron chi connectivity index (χ2n) is 7.19. The van der Waals surface area contributed by atoms with Gasteiger partial charge in [-0.3, -0.25) is 9.59 Å². The summed E-state index contributed by atoms with van der Waals surface area (Å²) in [6.07, 6.45) is 2.83. The van der Waals surface area contributed by atoms with Crippen molar-refractivity contribution in [1.82, 2.24) is 19.8 Å². The number of likely N-dealkylation sites (tertiary alicyclic amines) is 1. The first kappa shape index (κ1) is 19.6. The topological polar surface area (TPSA) is 66.4 Å². The van der Waals surface area contributed by atoms with Crippen LogP contribution in [0.3, 0.4) is 0 Å². The zero-order valence-electron chi connectivity index (χ0n) is 15.6. The van der Waals surface area contributed by atoms with Gasteiger partial charge in [0.05, 0.1) is 11.2 Å². The minimum Gasteiger partial charge on any atom is -0.343 e. The van der Waals surface area contributed by atoms with Crippen LogP contribution >= 0.6 is 11.6 Å². The Morgan fingerprint density at radius 3 is 2.36 bits per heavy atom. The number of amides is 2. The minimum absolute atomic E-state index is 0.0245. The SMILES string of the molecule is CC(C)c1ncc(Cl)c(C(=O)N2CCC(C(=O)N(C)C(C)C)CC2)n1. The predicted molar refractivity (Wildman–Crippen MR) is 97.7 cm³/mol. The molecule has 138 valence electrons. The van der Waals surface area contributed by atoms with Gasteiger partial charge in [-0.1, -0.05) is 25.4 Å². The summed E-state index contributed by atoms with van der Waals surface area (Å²) < 4.78 is 0. The summed E-state index contributed by atoms with van der Waals surface area (Å²) in [6, 6.07) is 0.182. The monoisotopic (exact) mass is 366 g/mol. The number of halogens is 1. The molecule has 1 aliphatic heterocycles. The zero-order valence-corrected chi connectivity index (χ0v) is 16.4. The maximum Gasteiger partial charge on any atom is 0.274 e. The summed E-state index contributed by atoms with van der Waals surface area (Å²) in [7, 11) is 1.83. The van der Waals surface area contributed by atoms with Crippen LogP contribution in [0.2, 0.25) is 5.02 Å². The Labute approximate surface area is 154 Å². The van der Waals surface area contributed by atoms with Crippen molar-refractivity contribution in [2.75, 3.05) is 20.1 Å². The van der Waals surface area contributed by atoms with Crippen LogP contribution in [0.1, 0.15) is 62.8 Å². The van der Waals surface area contributed by atoms with Gasteiger partial charge < -0.3 is 9.80 Å². The number of rotatable bonds is 4. The molecule has 2 amide bonds. The average molecular weight is 367 g/mol. The van der Waals surface area contributed by atoms with E-state index >= 15 is 0 Å². The van der Waals surface area contributed by atoms with Crippen molar-refractivity contribution < 1.29 is 9.59 Å². The first-order valence-corrected chi connectivity index (χ1v) is 9.18. The second kappa shape index (κ2) is 8.13.